The van der Waals surface area contributed by atoms with E-state index in [9.17, 15) is 10.1 Å². The van der Waals surface area contributed by atoms with Crippen LogP contribution in [0.15, 0.2) is 29.4 Å². The summed E-state index contributed by atoms with van der Waals surface area (Å²) in [5.74, 6) is 0.527. The first-order valence-corrected chi connectivity index (χ1v) is 6.48. The lowest BCUT2D eigenvalue weighted by Gasteiger charge is -2.30. The fourth-order valence-corrected chi connectivity index (χ4v) is 2.25. The van der Waals surface area contributed by atoms with Crippen LogP contribution in [0.2, 0.25) is 0 Å². The Morgan fingerprint density at radius 1 is 1.26 bits per heavy atom. The number of nitro benzene ring substituents is 1. The summed E-state index contributed by atoms with van der Waals surface area (Å²) in [4.78, 5) is 15.5. The van der Waals surface area contributed by atoms with E-state index in [1.807, 2.05) is 0 Å². The molecule has 0 heterocycles. The van der Waals surface area contributed by atoms with Crippen LogP contribution in [0.1, 0.15) is 39.5 Å². The maximum Gasteiger partial charge on any atom is 0.269 e. The van der Waals surface area contributed by atoms with Crippen molar-refractivity contribution in [3.05, 3.63) is 34.4 Å². The van der Waals surface area contributed by atoms with Gasteiger partial charge in [-0.25, -0.2) is 0 Å². The molecule has 0 bridgehead atoms. The topological polar surface area (TPSA) is 64.7 Å². The quantitative estimate of drug-likeness (QED) is 0.612. The third-order valence-electron chi connectivity index (χ3n) is 3.56. The summed E-state index contributed by atoms with van der Waals surface area (Å²) >= 11 is 0. The maximum absolute atomic E-state index is 10.5. The molecule has 0 saturated heterocycles. The van der Waals surface area contributed by atoms with Gasteiger partial charge in [-0.15, -0.1) is 0 Å². The summed E-state index contributed by atoms with van der Waals surface area (Å²) in [6.45, 7) is 4.34. The smallest absolute Gasteiger partial charge is 0.269 e. The van der Waals surface area contributed by atoms with Crippen LogP contribution in [0, 0.1) is 15.5 Å². The Bertz CT molecular complexity index is 492. The number of hydrogen-bond acceptors (Lipinski definition) is 4. The summed E-state index contributed by atoms with van der Waals surface area (Å²) < 4.78 is 0. The predicted octanol–water partition coefficient (Wildman–Crippen LogP) is 3.93. The summed E-state index contributed by atoms with van der Waals surface area (Å²) in [6, 6.07) is 5.97. The highest BCUT2D eigenvalue weighted by molar-refractivity contribution is 5.89. The second kappa shape index (κ2) is 5.38. The van der Waals surface area contributed by atoms with Crippen LogP contribution in [0.5, 0.6) is 5.75 Å². The number of non-ortho nitro benzene ring substituents is 1. The molecule has 1 aliphatic carbocycles. The van der Waals surface area contributed by atoms with Gasteiger partial charge in [-0.3, -0.25) is 10.1 Å². The van der Waals surface area contributed by atoms with Crippen LogP contribution in [0.3, 0.4) is 0 Å². The van der Waals surface area contributed by atoms with Crippen LogP contribution in [-0.4, -0.2) is 10.6 Å². The van der Waals surface area contributed by atoms with Gasteiger partial charge in [0, 0.05) is 17.5 Å². The third kappa shape index (κ3) is 3.30. The highest BCUT2D eigenvalue weighted by Gasteiger charge is 2.28. The summed E-state index contributed by atoms with van der Waals surface area (Å²) in [6.07, 6.45) is 4.45. The zero-order valence-electron chi connectivity index (χ0n) is 11.3. The van der Waals surface area contributed by atoms with E-state index in [0.717, 1.165) is 25.0 Å². The monoisotopic (exact) mass is 262 g/mol. The molecular formula is C14H18N2O3. The van der Waals surface area contributed by atoms with Crippen LogP contribution < -0.4 is 4.84 Å². The molecule has 1 fully saturated rings. The molecule has 5 nitrogen and oxygen atoms in total. The Balaban J connectivity index is 2.07. The van der Waals surface area contributed by atoms with E-state index >= 15 is 0 Å². The number of oxime groups is 1. The van der Waals surface area contributed by atoms with Crippen molar-refractivity contribution in [1.29, 1.82) is 0 Å². The van der Waals surface area contributed by atoms with E-state index in [-0.39, 0.29) is 11.1 Å². The molecule has 2 rings (SSSR count). The summed E-state index contributed by atoms with van der Waals surface area (Å²) in [5, 5.41) is 14.8. The minimum Gasteiger partial charge on any atom is -0.357 e. The van der Waals surface area contributed by atoms with Gasteiger partial charge in [0.05, 0.1) is 10.6 Å². The summed E-state index contributed by atoms with van der Waals surface area (Å²) in [5.41, 5.74) is 1.20. The number of nitrogens with zero attached hydrogens (tertiary/aromatic N) is 2. The standard InChI is InChI=1S/C14H18N2O3/c1-14(2)10-4-3-5-13(14)15-19-12-8-6-11(7-9-12)16(17)18/h6-9H,3-5,10H2,1-2H3/b15-13+. The number of benzene rings is 1. The minimum atomic E-state index is -0.431. The lowest BCUT2D eigenvalue weighted by atomic mass is 9.76. The molecule has 0 atom stereocenters. The molecule has 5 heteroatoms. The molecule has 0 unspecified atom stereocenters. The molecule has 1 saturated carbocycles. The van der Waals surface area contributed by atoms with E-state index in [0.29, 0.717) is 5.75 Å². The van der Waals surface area contributed by atoms with Crippen molar-refractivity contribution in [3.8, 4) is 5.75 Å². The van der Waals surface area contributed by atoms with Gasteiger partial charge in [-0.1, -0.05) is 25.4 Å². The molecule has 1 aromatic rings. The lowest BCUT2D eigenvalue weighted by molar-refractivity contribution is -0.384. The van der Waals surface area contributed by atoms with E-state index < -0.39 is 4.92 Å². The molecule has 102 valence electrons. The van der Waals surface area contributed by atoms with Crippen LogP contribution in [0.4, 0.5) is 5.69 Å². The number of hydrogen-bond donors (Lipinski definition) is 0. The first kappa shape index (κ1) is 13.5. The average Bonchev–Trinajstić information content (AvgIpc) is 2.37. The fourth-order valence-electron chi connectivity index (χ4n) is 2.25. The van der Waals surface area contributed by atoms with Gasteiger partial charge in [-0.2, -0.15) is 0 Å². The van der Waals surface area contributed by atoms with E-state index in [1.165, 1.54) is 18.6 Å². The van der Waals surface area contributed by atoms with Crippen molar-refractivity contribution >= 4 is 11.4 Å². The van der Waals surface area contributed by atoms with Crippen LogP contribution >= 0.6 is 0 Å². The second-order valence-corrected chi connectivity index (χ2v) is 5.47. The zero-order chi connectivity index (χ0) is 13.9. The Labute approximate surface area is 112 Å². The van der Waals surface area contributed by atoms with Crippen LogP contribution in [0.25, 0.3) is 0 Å². The van der Waals surface area contributed by atoms with E-state index in [1.54, 1.807) is 12.1 Å². The first-order valence-electron chi connectivity index (χ1n) is 6.48. The maximum atomic E-state index is 10.5. The Morgan fingerprint density at radius 3 is 2.53 bits per heavy atom. The molecule has 0 amide bonds. The SMILES string of the molecule is CC1(C)CCCC/C1=N\Oc1ccc([N+](=O)[O-])cc1. The van der Waals surface area contributed by atoms with Crippen molar-refractivity contribution in [2.45, 2.75) is 39.5 Å². The second-order valence-electron chi connectivity index (χ2n) is 5.47. The highest BCUT2D eigenvalue weighted by Crippen LogP contribution is 2.33. The normalized spacial score (nSPS) is 20.2. The number of rotatable bonds is 3. The highest BCUT2D eigenvalue weighted by atomic mass is 16.6. The molecule has 0 N–H and O–H groups in total. The fraction of sp³-hybridized carbons (Fsp3) is 0.500. The van der Waals surface area contributed by atoms with Gasteiger partial charge >= 0.3 is 0 Å². The number of nitro groups is 1. The van der Waals surface area contributed by atoms with Crippen molar-refractivity contribution in [1.82, 2.24) is 0 Å². The zero-order valence-corrected chi connectivity index (χ0v) is 11.3. The lowest BCUT2D eigenvalue weighted by Crippen LogP contribution is -2.28. The Hall–Kier alpha value is -1.91. The molecular weight excluding hydrogens is 244 g/mol. The Kier molecular flexibility index (Phi) is 3.83. The van der Waals surface area contributed by atoms with Gasteiger partial charge in [-0.05, 0) is 31.4 Å². The van der Waals surface area contributed by atoms with E-state index in [4.69, 9.17) is 4.84 Å². The van der Waals surface area contributed by atoms with Crippen molar-refractivity contribution in [2.75, 3.05) is 0 Å². The largest absolute Gasteiger partial charge is 0.357 e. The summed E-state index contributed by atoms with van der Waals surface area (Å²) in [7, 11) is 0. The van der Waals surface area contributed by atoms with Gasteiger partial charge in [0.1, 0.15) is 0 Å². The molecule has 19 heavy (non-hydrogen) atoms. The predicted molar refractivity (Wildman–Crippen MR) is 73.4 cm³/mol. The van der Waals surface area contributed by atoms with Crippen molar-refractivity contribution in [2.24, 2.45) is 10.6 Å². The van der Waals surface area contributed by atoms with Gasteiger partial charge < -0.3 is 4.84 Å². The van der Waals surface area contributed by atoms with Gasteiger partial charge in [0.2, 0.25) is 0 Å². The van der Waals surface area contributed by atoms with E-state index in [2.05, 4.69) is 19.0 Å². The molecule has 0 spiro atoms. The van der Waals surface area contributed by atoms with Crippen molar-refractivity contribution in [3.63, 3.8) is 0 Å². The van der Waals surface area contributed by atoms with Crippen molar-refractivity contribution < 1.29 is 9.76 Å². The molecule has 1 aliphatic rings. The Morgan fingerprint density at radius 2 is 1.95 bits per heavy atom. The van der Waals surface area contributed by atoms with Gasteiger partial charge in [0.25, 0.3) is 5.69 Å². The van der Waals surface area contributed by atoms with Crippen LogP contribution in [-0.2, 0) is 0 Å². The molecule has 1 aromatic carbocycles. The van der Waals surface area contributed by atoms with Gasteiger partial charge in [0.15, 0.2) is 5.75 Å². The average molecular weight is 262 g/mol. The molecule has 0 radical (unpaired) electrons. The first-order chi connectivity index (χ1) is 8.99. The minimum absolute atomic E-state index is 0.0537. The molecule has 0 aromatic heterocycles. The third-order valence-corrected chi connectivity index (χ3v) is 3.56. The molecule has 0 aliphatic heterocycles.